The van der Waals surface area contributed by atoms with Crippen molar-refractivity contribution in [2.75, 3.05) is 13.2 Å². The number of hydrogen-bond acceptors (Lipinski definition) is 6. The van der Waals surface area contributed by atoms with Crippen LogP contribution >= 0.6 is 0 Å². The molecule has 0 radical (unpaired) electrons. The average molecular weight is 383 g/mol. The van der Waals surface area contributed by atoms with Gasteiger partial charge < -0.3 is 19.9 Å². The van der Waals surface area contributed by atoms with Crippen molar-refractivity contribution >= 4 is 17.8 Å². The number of nitrogens with one attached hydrogen (secondary N) is 1. The molecule has 27 heavy (non-hydrogen) atoms. The summed E-state index contributed by atoms with van der Waals surface area (Å²) in [6.07, 6.45) is 11.8. The summed E-state index contributed by atoms with van der Waals surface area (Å²) < 4.78 is 9.92. The molecule has 1 saturated heterocycles. The van der Waals surface area contributed by atoms with Crippen LogP contribution in [0.15, 0.2) is 12.2 Å². The topological polar surface area (TPSA) is 102 Å². The van der Waals surface area contributed by atoms with Crippen LogP contribution < -0.4 is 5.32 Å². The third kappa shape index (κ3) is 11.4. The van der Waals surface area contributed by atoms with Crippen molar-refractivity contribution in [3.8, 4) is 0 Å². The molecule has 154 valence electrons. The molecule has 2 atom stereocenters. The number of rotatable bonds is 14. The van der Waals surface area contributed by atoms with Crippen molar-refractivity contribution in [3.05, 3.63) is 12.2 Å². The van der Waals surface area contributed by atoms with Crippen molar-refractivity contribution in [2.45, 2.75) is 83.3 Å². The van der Waals surface area contributed by atoms with Gasteiger partial charge >= 0.3 is 11.9 Å². The van der Waals surface area contributed by atoms with Gasteiger partial charge in [0.1, 0.15) is 25.4 Å². The number of unbranched alkanes of at least 4 members (excludes halogenated alkanes) is 5. The smallest absolute Gasteiger partial charge is 0.328 e. The molecule has 1 aliphatic heterocycles. The Labute approximate surface area is 161 Å². The number of aliphatic hydroxyl groups excluding tert-OH is 1. The summed E-state index contributed by atoms with van der Waals surface area (Å²) >= 11 is 0. The fourth-order valence-corrected chi connectivity index (χ4v) is 2.73. The molecule has 1 aliphatic rings. The van der Waals surface area contributed by atoms with Gasteiger partial charge in [-0.05, 0) is 32.1 Å². The van der Waals surface area contributed by atoms with Gasteiger partial charge in [-0.1, -0.05) is 38.3 Å². The van der Waals surface area contributed by atoms with Gasteiger partial charge in [0.15, 0.2) is 0 Å². The molecule has 7 heteroatoms. The second-order valence-corrected chi connectivity index (χ2v) is 6.81. The quantitative estimate of drug-likeness (QED) is 0.271. The Balaban J connectivity index is 1.96. The summed E-state index contributed by atoms with van der Waals surface area (Å²) in [7, 11) is 0. The molecule has 0 bridgehead atoms. The van der Waals surface area contributed by atoms with E-state index in [1.54, 1.807) is 0 Å². The zero-order valence-electron chi connectivity index (χ0n) is 16.3. The first kappa shape index (κ1) is 23.1. The standard InChI is InChI=1S/C20H33NO6/c1-2-3-4-5-6-7-8-9-10-11-19(24)26-14-16(22)15-27-20(25)17-12-13-18(23)21-17/h3-4,16-17,22H,2,5-15H2,1H3,(H,21,23). The van der Waals surface area contributed by atoms with E-state index in [1.807, 2.05) is 0 Å². The van der Waals surface area contributed by atoms with E-state index >= 15 is 0 Å². The van der Waals surface area contributed by atoms with Gasteiger partial charge in [-0.15, -0.1) is 0 Å². The summed E-state index contributed by atoms with van der Waals surface area (Å²) in [6.45, 7) is 1.66. The molecule has 1 amide bonds. The van der Waals surface area contributed by atoms with Crippen LogP contribution in [0.2, 0.25) is 0 Å². The maximum atomic E-state index is 11.7. The molecule has 2 N–H and O–H groups in total. The fraction of sp³-hybridized carbons (Fsp3) is 0.750. The third-order valence-electron chi connectivity index (χ3n) is 4.29. The van der Waals surface area contributed by atoms with Crippen LogP contribution in [-0.4, -0.2) is 48.3 Å². The maximum Gasteiger partial charge on any atom is 0.328 e. The van der Waals surface area contributed by atoms with Crippen LogP contribution in [0.5, 0.6) is 0 Å². The lowest BCUT2D eigenvalue weighted by Gasteiger charge is -2.14. The fourth-order valence-electron chi connectivity index (χ4n) is 2.73. The van der Waals surface area contributed by atoms with E-state index in [4.69, 9.17) is 9.47 Å². The number of aliphatic hydroxyl groups is 1. The van der Waals surface area contributed by atoms with E-state index in [9.17, 15) is 19.5 Å². The number of carbonyl (C=O) groups is 3. The molecule has 1 rings (SSSR count). The van der Waals surface area contributed by atoms with Crippen molar-refractivity contribution in [2.24, 2.45) is 0 Å². The Bertz CT molecular complexity index is 491. The van der Waals surface area contributed by atoms with Crippen molar-refractivity contribution < 1.29 is 29.0 Å². The van der Waals surface area contributed by atoms with Crippen LogP contribution in [-0.2, 0) is 23.9 Å². The first-order chi connectivity index (χ1) is 13.0. The first-order valence-electron chi connectivity index (χ1n) is 9.97. The lowest BCUT2D eigenvalue weighted by atomic mass is 10.1. The van der Waals surface area contributed by atoms with E-state index in [1.165, 1.54) is 6.42 Å². The minimum atomic E-state index is -1.06. The van der Waals surface area contributed by atoms with Gasteiger partial charge in [0, 0.05) is 12.8 Å². The average Bonchev–Trinajstić information content (AvgIpc) is 3.09. The van der Waals surface area contributed by atoms with Gasteiger partial charge in [0.05, 0.1) is 0 Å². The maximum absolute atomic E-state index is 11.7. The van der Waals surface area contributed by atoms with E-state index in [0.29, 0.717) is 19.3 Å². The Morgan fingerprint density at radius 2 is 1.85 bits per heavy atom. The molecule has 0 aromatic heterocycles. The molecule has 1 heterocycles. The molecular weight excluding hydrogens is 350 g/mol. The largest absolute Gasteiger partial charge is 0.463 e. The minimum absolute atomic E-state index is 0.181. The van der Waals surface area contributed by atoms with Gasteiger partial charge in [-0.2, -0.15) is 0 Å². The highest BCUT2D eigenvalue weighted by molar-refractivity contribution is 5.88. The number of esters is 2. The van der Waals surface area contributed by atoms with Crippen molar-refractivity contribution in [1.29, 1.82) is 0 Å². The van der Waals surface area contributed by atoms with Crippen LogP contribution in [0.3, 0.4) is 0 Å². The Kier molecular flexibility index (Phi) is 12.2. The zero-order chi connectivity index (χ0) is 19.9. The molecule has 0 aromatic carbocycles. The van der Waals surface area contributed by atoms with Crippen LogP contribution in [0.25, 0.3) is 0 Å². The summed E-state index contributed by atoms with van der Waals surface area (Å²) in [4.78, 5) is 34.4. The molecular formula is C20H33NO6. The highest BCUT2D eigenvalue weighted by atomic mass is 16.6. The van der Waals surface area contributed by atoms with Gasteiger partial charge in [-0.25, -0.2) is 4.79 Å². The van der Waals surface area contributed by atoms with Crippen molar-refractivity contribution in [3.63, 3.8) is 0 Å². The van der Waals surface area contributed by atoms with E-state index in [2.05, 4.69) is 24.4 Å². The predicted molar refractivity (Wildman–Crippen MR) is 101 cm³/mol. The summed E-state index contributed by atoms with van der Waals surface area (Å²) in [5.41, 5.74) is 0. The predicted octanol–water partition coefficient (Wildman–Crippen LogP) is 2.41. The Morgan fingerprint density at radius 1 is 1.15 bits per heavy atom. The molecule has 2 unspecified atom stereocenters. The molecule has 1 fully saturated rings. The monoisotopic (exact) mass is 383 g/mol. The number of carbonyl (C=O) groups excluding carboxylic acids is 3. The SMILES string of the molecule is CCC=CCCCCCCCC(=O)OCC(O)COC(=O)C1CCC(=O)N1. The summed E-state index contributed by atoms with van der Waals surface area (Å²) in [6, 6.07) is -0.644. The third-order valence-corrected chi connectivity index (χ3v) is 4.29. The molecule has 7 nitrogen and oxygen atoms in total. The Hall–Kier alpha value is -1.89. The lowest BCUT2D eigenvalue weighted by molar-refractivity contribution is -0.154. The molecule has 0 aliphatic carbocycles. The van der Waals surface area contributed by atoms with E-state index in [-0.39, 0.29) is 25.1 Å². The molecule has 0 aromatic rings. The zero-order valence-corrected chi connectivity index (χ0v) is 16.3. The summed E-state index contributed by atoms with van der Waals surface area (Å²) in [5.74, 6) is -1.11. The van der Waals surface area contributed by atoms with Gasteiger partial charge in [0.2, 0.25) is 5.91 Å². The first-order valence-corrected chi connectivity index (χ1v) is 9.97. The second-order valence-electron chi connectivity index (χ2n) is 6.81. The van der Waals surface area contributed by atoms with Crippen LogP contribution in [0.1, 0.15) is 71.1 Å². The Morgan fingerprint density at radius 3 is 2.56 bits per heavy atom. The number of hydrogen-bond donors (Lipinski definition) is 2. The highest BCUT2D eigenvalue weighted by Gasteiger charge is 2.28. The minimum Gasteiger partial charge on any atom is -0.463 e. The van der Waals surface area contributed by atoms with Gasteiger partial charge in [-0.3, -0.25) is 9.59 Å². The van der Waals surface area contributed by atoms with Gasteiger partial charge in [0.25, 0.3) is 0 Å². The summed E-state index contributed by atoms with van der Waals surface area (Å²) in [5, 5.41) is 12.2. The van der Waals surface area contributed by atoms with E-state index < -0.39 is 18.1 Å². The van der Waals surface area contributed by atoms with Crippen LogP contribution in [0.4, 0.5) is 0 Å². The number of ether oxygens (including phenoxy) is 2. The highest BCUT2D eigenvalue weighted by Crippen LogP contribution is 2.09. The van der Waals surface area contributed by atoms with Crippen LogP contribution in [0, 0.1) is 0 Å². The number of allylic oxidation sites excluding steroid dienone is 2. The van der Waals surface area contributed by atoms with E-state index in [0.717, 1.165) is 38.5 Å². The normalized spacial score (nSPS) is 17.7. The lowest BCUT2D eigenvalue weighted by Crippen LogP contribution is -2.36. The molecule has 0 saturated carbocycles. The second kappa shape index (κ2) is 14.2. The molecule has 0 spiro atoms. The number of amides is 1. The van der Waals surface area contributed by atoms with Crippen molar-refractivity contribution in [1.82, 2.24) is 5.32 Å².